The van der Waals surface area contributed by atoms with Crippen molar-refractivity contribution in [1.29, 1.82) is 0 Å². The van der Waals surface area contributed by atoms with E-state index in [9.17, 15) is 4.79 Å². The molecule has 82 valence electrons. The van der Waals surface area contributed by atoms with Gasteiger partial charge >= 0.3 is 5.97 Å². The number of rotatable bonds is 4. The van der Waals surface area contributed by atoms with E-state index in [0.29, 0.717) is 6.54 Å². The first-order chi connectivity index (χ1) is 7.06. The summed E-state index contributed by atoms with van der Waals surface area (Å²) in [5, 5.41) is 9.06. The largest absolute Gasteiger partial charge is 0.480 e. The summed E-state index contributed by atoms with van der Waals surface area (Å²) in [7, 11) is 3.49. The molecule has 1 aromatic rings. The van der Waals surface area contributed by atoms with Crippen molar-refractivity contribution in [1.82, 2.24) is 4.90 Å². The highest BCUT2D eigenvalue weighted by Crippen LogP contribution is 2.18. The van der Waals surface area contributed by atoms with Gasteiger partial charge in [-0.15, -0.1) is 0 Å². The summed E-state index contributed by atoms with van der Waals surface area (Å²) < 4.78 is 0. The monoisotopic (exact) mass is 208 g/mol. The van der Waals surface area contributed by atoms with Gasteiger partial charge in [-0.05, 0) is 25.2 Å². The lowest BCUT2D eigenvalue weighted by Crippen LogP contribution is -2.27. The Morgan fingerprint density at radius 1 is 1.40 bits per heavy atom. The van der Waals surface area contributed by atoms with E-state index in [1.165, 1.54) is 0 Å². The van der Waals surface area contributed by atoms with E-state index in [4.69, 9.17) is 10.8 Å². The Morgan fingerprint density at radius 3 is 2.27 bits per heavy atom. The zero-order valence-electron chi connectivity index (χ0n) is 8.97. The molecule has 3 N–H and O–H groups in total. The van der Waals surface area contributed by atoms with E-state index >= 15 is 0 Å². The first-order valence-electron chi connectivity index (χ1n) is 4.74. The Hall–Kier alpha value is -1.39. The fourth-order valence-corrected chi connectivity index (χ4v) is 1.50. The molecule has 0 bridgehead atoms. The zero-order chi connectivity index (χ0) is 11.4. The van der Waals surface area contributed by atoms with Crippen molar-refractivity contribution in [3.05, 3.63) is 35.4 Å². The van der Waals surface area contributed by atoms with Crippen LogP contribution >= 0.6 is 0 Å². The van der Waals surface area contributed by atoms with Gasteiger partial charge in [0.1, 0.15) is 6.04 Å². The number of aliphatic carboxylic acids is 1. The number of carbonyl (C=O) groups is 1. The molecule has 0 aliphatic carbocycles. The number of nitrogens with zero attached hydrogens (tertiary/aromatic N) is 1. The van der Waals surface area contributed by atoms with Gasteiger partial charge in [-0.3, -0.25) is 9.69 Å². The van der Waals surface area contributed by atoms with Crippen LogP contribution < -0.4 is 5.73 Å². The van der Waals surface area contributed by atoms with Crippen LogP contribution in [0.15, 0.2) is 24.3 Å². The average Bonchev–Trinajstić information content (AvgIpc) is 2.18. The number of hydrogen-bond donors (Lipinski definition) is 2. The van der Waals surface area contributed by atoms with Gasteiger partial charge in [-0.1, -0.05) is 24.3 Å². The van der Waals surface area contributed by atoms with Crippen LogP contribution in [0.5, 0.6) is 0 Å². The lowest BCUT2D eigenvalue weighted by atomic mass is 10.0. The second kappa shape index (κ2) is 4.91. The quantitative estimate of drug-likeness (QED) is 0.769. The topological polar surface area (TPSA) is 66.6 Å². The third-order valence-electron chi connectivity index (χ3n) is 2.28. The van der Waals surface area contributed by atoms with Gasteiger partial charge in [-0.25, -0.2) is 0 Å². The van der Waals surface area contributed by atoms with Gasteiger partial charge < -0.3 is 10.8 Å². The molecule has 4 heteroatoms. The number of likely N-dealkylation sites (N-methyl/N-ethyl adjacent to an activating group) is 1. The number of carboxylic acids is 1. The highest BCUT2D eigenvalue weighted by atomic mass is 16.4. The third-order valence-corrected chi connectivity index (χ3v) is 2.28. The predicted octanol–water partition coefficient (Wildman–Crippen LogP) is 0.833. The normalized spacial score (nSPS) is 12.8. The summed E-state index contributed by atoms with van der Waals surface area (Å²) in [6.45, 7) is 0.472. The van der Waals surface area contributed by atoms with Gasteiger partial charge in [0.2, 0.25) is 0 Å². The molecule has 15 heavy (non-hydrogen) atoms. The summed E-state index contributed by atoms with van der Waals surface area (Å²) in [6.07, 6.45) is 0. The first-order valence-corrected chi connectivity index (χ1v) is 4.74. The fraction of sp³-hybridized carbons (Fsp3) is 0.364. The van der Waals surface area contributed by atoms with Gasteiger partial charge in [0, 0.05) is 6.54 Å². The molecule has 0 heterocycles. The van der Waals surface area contributed by atoms with E-state index in [1.54, 1.807) is 31.1 Å². The molecule has 0 spiro atoms. The van der Waals surface area contributed by atoms with Crippen molar-refractivity contribution in [2.24, 2.45) is 5.73 Å². The van der Waals surface area contributed by atoms with Crippen LogP contribution in [-0.4, -0.2) is 30.1 Å². The van der Waals surface area contributed by atoms with Crippen molar-refractivity contribution in [3.63, 3.8) is 0 Å². The number of carboxylic acid groups (broad SMARTS) is 1. The summed E-state index contributed by atoms with van der Waals surface area (Å²) >= 11 is 0. The molecule has 1 aromatic carbocycles. The second-order valence-corrected chi connectivity index (χ2v) is 3.65. The third kappa shape index (κ3) is 2.78. The van der Waals surface area contributed by atoms with Crippen molar-refractivity contribution in [3.8, 4) is 0 Å². The molecule has 1 atom stereocenters. The van der Waals surface area contributed by atoms with Crippen molar-refractivity contribution >= 4 is 5.97 Å². The number of nitrogens with two attached hydrogens (primary N) is 1. The molecule has 0 aromatic heterocycles. The van der Waals surface area contributed by atoms with Gasteiger partial charge in [0.05, 0.1) is 0 Å². The minimum Gasteiger partial charge on any atom is -0.480 e. The lowest BCUT2D eigenvalue weighted by molar-refractivity contribution is -0.142. The van der Waals surface area contributed by atoms with E-state index in [2.05, 4.69) is 0 Å². The van der Waals surface area contributed by atoms with Crippen LogP contribution in [0.3, 0.4) is 0 Å². The summed E-state index contributed by atoms with van der Waals surface area (Å²) in [4.78, 5) is 12.7. The maximum absolute atomic E-state index is 11.0. The molecule has 0 aliphatic heterocycles. The van der Waals surface area contributed by atoms with Crippen molar-refractivity contribution in [2.45, 2.75) is 12.6 Å². The summed E-state index contributed by atoms with van der Waals surface area (Å²) in [5.74, 6) is -0.847. The lowest BCUT2D eigenvalue weighted by Gasteiger charge is -2.20. The van der Waals surface area contributed by atoms with Crippen LogP contribution in [0.1, 0.15) is 17.2 Å². The van der Waals surface area contributed by atoms with E-state index < -0.39 is 12.0 Å². The average molecular weight is 208 g/mol. The predicted molar refractivity (Wildman–Crippen MR) is 58.4 cm³/mol. The van der Waals surface area contributed by atoms with Gasteiger partial charge in [0.25, 0.3) is 0 Å². The molecule has 0 fully saturated rings. The van der Waals surface area contributed by atoms with Crippen LogP contribution in [0.2, 0.25) is 0 Å². The Bertz CT molecular complexity index is 333. The van der Waals surface area contributed by atoms with E-state index in [1.807, 2.05) is 12.1 Å². The van der Waals surface area contributed by atoms with Crippen molar-refractivity contribution in [2.75, 3.05) is 14.1 Å². The minimum absolute atomic E-state index is 0.472. The van der Waals surface area contributed by atoms with E-state index in [0.717, 1.165) is 11.1 Å². The Balaban J connectivity index is 2.97. The molecule has 1 rings (SSSR count). The molecule has 0 radical (unpaired) electrons. The Morgan fingerprint density at radius 2 is 1.93 bits per heavy atom. The highest BCUT2D eigenvalue weighted by Gasteiger charge is 2.21. The Kier molecular flexibility index (Phi) is 3.82. The van der Waals surface area contributed by atoms with Crippen LogP contribution in [0.25, 0.3) is 0 Å². The molecule has 0 aliphatic rings. The highest BCUT2D eigenvalue weighted by molar-refractivity contribution is 5.75. The molecule has 0 saturated carbocycles. The van der Waals surface area contributed by atoms with Gasteiger partial charge in [0.15, 0.2) is 0 Å². The minimum atomic E-state index is -0.847. The molecule has 4 nitrogen and oxygen atoms in total. The molecule has 0 saturated heterocycles. The smallest absolute Gasteiger partial charge is 0.325 e. The first kappa shape index (κ1) is 11.7. The molecular formula is C11H16N2O2. The summed E-state index contributed by atoms with van der Waals surface area (Å²) in [5.41, 5.74) is 7.24. The molecule has 0 amide bonds. The zero-order valence-corrected chi connectivity index (χ0v) is 8.97. The van der Waals surface area contributed by atoms with Gasteiger partial charge in [-0.2, -0.15) is 0 Å². The SMILES string of the molecule is CN(C)[C@H](C(=O)O)c1ccc(CN)cc1. The van der Waals surface area contributed by atoms with Crippen LogP contribution in [0.4, 0.5) is 0 Å². The molecular weight excluding hydrogens is 192 g/mol. The summed E-state index contributed by atoms with van der Waals surface area (Å²) in [6, 6.07) is 6.72. The second-order valence-electron chi connectivity index (χ2n) is 3.65. The maximum atomic E-state index is 11.0. The van der Waals surface area contributed by atoms with Crippen LogP contribution in [0, 0.1) is 0 Å². The Labute approximate surface area is 89.3 Å². The number of benzene rings is 1. The fourth-order valence-electron chi connectivity index (χ4n) is 1.50. The maximum Gasteiger partial charge on any atom is 0.325 e. The van der Waals surface area contributed by atoms with E-state index in [-0.39, 0.29) is 0 Å². The molecule has 0 unspecified atom stereocenters. The standard InChI is InChI=1S/C11H16N2O2/c1-13(2)10(11(14)15)9-5-3-8(7-12)4-6-9/h3-6,10H,7,12H2,1-2H3,(H,14,15)/t10-/m0/s1. The van der Waals surface area contributed by atoms with Crippen LogP contribution in [-0.2, 0) is 11.3 Å². The number of hydrogen-bond acceptors (Lipinski definition) is 3. The van der Waals surface area contributed by atoms with Crippen molar-refractivity contribution < 1.29 is 9.90 Å².